The van der Waals surface area contributed by atoms with E-state index >= 15 is 0 Å². The van der Waals surface area contributed by atoms with E-state index in [0.29, 0.717) is 5.56 Å². The number of fused-ring (bicyclic) bond motifs is 4. The zero-order valence-electron chi connectivity index (χ0n) is 62.3. The molecule has 6 unspecified atom stereocenters. The fraction of sp³-hybridized carbons (Fsp3) is 0.146. The fourth-order valence-electron chi connectivity index (χ4n) is 10.9. The average Bonchev–Trinajstić information content (AvgIpc) is 1.76. The van der Waals surface area contributed by atoms with Gasteiger partial charge in [0, 0.05) is 271 Å². The summed E-state index contributed by atoms with van der Waals surface area (Å²) in [6, 6.07) is 64.5. The first-order valence-electron chi connectivity index (χ1n) is 30.0. The van der Waals surface area contributed by atoms with E-state index in [1.165, 1.54) is 12.1 Å². The van der Waals surface area contributed by atoms with Crippen LogP contribution in [0.5, 0.6) is 17.2 Å². The van der Waals surface area contributed by atoms with Gasteiger partial charge in [-0.05, 0) is 104 Å². The van der Waals surface area contributed by atoms with E-state index in [-0.39, 0.29) is 258 Å². The molecule has 6 saturated heterocycles. The Labute approximate surface area is 788 Å². The quantitative estimate of drug-likeness (QED) is 0.0792. The third-order valence-electron chi connectivity index (χ3n) is 16.0. The smallest absolute Gasteiger partial charge is 0.210 e. The first-order valence-corrected chi connectivity index (χ1v) is 30.0. The van der Waals surface area contributed by atoms with E-state index in [1.54, 1.807) is 90.1 Å². The van der Waals surface area contributed by atoms with Crippen molar-refractivity contribution >= 4 is 78.9 Å². The van der Waals surface area contributed by atoms with E-state index in [1.807, 2.05) is 152 Å². The van der Waals surface area contributed by atoms with Crippen molar-refractivity contribution in [2.75, 3.05) is 0 Å². The van der Waals surface area contributed by atoms with Gasteiger partial charge in [0.05, 0.1) is 0 Å². The van der Waals surface area contributed by atoms with Gasteiger partial charge in [0.1, 0.15) is 17.2 Å². The minimum absolute atomic E-state index is 0. The second kappa shape index (κ2) is 45.8. The summed E-state index contributed by atoms with van der Waals surface area (Å²) < 4.78 is 62.2. The zero-order valence-corrected chi connectivity index (χ0v) is 79.4. The van der Waals surface area contributed by atoms with Crippen LogP contribution in [0.1, 0.15) is 74.9 Å². The van der Waals surface area contributed by atoms with Gasteiger partial charge in [0.25, 0.3) is 0 Å². The van der Waals surface area contributed by atoms with Crippen LogP contribution in [0.3, 0.4) is 0 Å². The summed E-state index contributed by atoms with van der Waals surface area (Å²) in [6.07, 6.45) is 0. The molecule has 10 aromatic carbocycles. The Balaban J connectivity index is 0. The maximum absolute atomic E-state index is 11.2. The summed E-state index contributed by atoms with van der Waals surface area (Å²) in [5, 5.41) is 35.9. The van der Waals surface area contributed by atoms with Crippen LogP contribution in [-0.2, 0) is 317 Å². The van der Waals surface area contributed by atoms with Gasteiger partial charge in [-0.2, -0.15) is 39.6 Å². The number of aromatic hydroxyl groups is 3. The molecule has 0 saturated carbocycles. The summed E-state index contributed by atoms with van der Waals surface area (Å²) in [4.78, 5) is 66.2. The summed E-state index contributed by atoms with van der Waals surface area (Å²) in [5.74, 6) is -8.42. The van der Waals surface area contributed by atoms with Gasteiger partial charge in [-0.25, -0.2) is 0 Å². The predicted octanol–water partition coefficient (Wildman–Crippen LogP) is 16.0. The molecule has 564 valence electrons. The van der Waals surface area contributed by atoms with Crippen LogP contribution in [0.15, 0.2) is 212 Å². The minimum Gasteiger partial charge on any atom is -0.508 e. The molecule has 16 rings (SSSR count). The SMILES string of the molecule is CC1(c2ccc(O)cc2)O[CH-]C(=O)O1.CC1(c2ccc3cc(O)ccc3c2)O[CH-]C(=O)O1.CC1(c2ccc3ccccc3c2)O[CH-]C(=O)O1.CC1(c2cccc3cc(O)ccc23)O[CH-]C(=O)O1.CC1(c2cccc3ccccc23)O[CH-]C(=O)O1.CC1(c2ccccc2)O[CH-]C(=O)O1.[CH3-].[CH3-].[CH3-].[CH3-].[CH3-].[CH3-].[Y].[Y].[Y].[Y].[Y].[Y]. The van der Waals surface area contributed by atoms with Crippen molar-refractivity contribution in [3.63, 3.8) is 0 Å². The van der Waals surface area contributed by atoms with Crippen LogP contribution in [-0.4, -0.2) is 51.1 Å². The Bertz CT molecular complexity index is 4640. The van der Waals surface area contributed by atoms with Gasteiger partial charge in [-0.15, -0.1) is 0 Å². The Morgan fingerprint density at radius 2 is 0.505 bits per heavy atom. The monoisotopic (exact) mass is 1930 g/mol. The van der Waals surface area contributed by atoms with Gasteiger partial charge in [-0.1, -0.05) is 152 Å². The second-order valence-electron chi connectivity index (χ2n) is 23.1. The summed E-state index contributed by atoms with van der Waals surface area (Å²) in [6.45, 7) is 16.7. The number of esters is 6. The molecule has 109 heavy (non-hydrogen) atoms. The normalized spacial score (nSPS) is 21.3. The third kappa shape index (κ3) is 26.0. The van der Waals surface area contributed by atoms with Gasteiger partial charge >= 0.3 is 0 Å². The van der Waals surface area contributed by atoms with E-state index in [4.69, 9.17) is 61.9 Å². The summed E-state index contributed by atoms with van der Waals surface area (Å²) >= 11 is 0. The molecule has 6 atom stereocenters. The maximum Gasteiger partial charge on any atom is 0.210 e. The molecule has 0 aliphatic carbocycles. The molecule has 6 heterocycles. The number of cyclic esters (lactones) is 6. The van der Waals surface area contributed by atoms with Gasteiger partial charge in [0.2, 0.25) is 34.7 Å². The molecular formula is C82H80O21Y6-12. The van der Waals surface area contributed by atoms with Crippen molar-refractivity contribution in [3.05, 3.63) is 330 Å². The van der Waals surface area contributed by atoms with Crippen molar-refractivity contribution in [3.8, 4) is 17.2 Å². The van der Waals surface area contributed by atoms with Crippen molar-refractivity contribution in [1.82, 2.24) is 0 Å². The van der Waals surface area contributed by atoms with Gasteiger partial charge in [0.15, 0.2) is 35.8 Å². The molecule has 0 aromatic heterocycles. The predicted molar refractivity (Wildman–Crippen MR) is 385 cm³/mol. The van der Waals surface area contributed by atoms with E-state index in [9.17, 15) is 39.0 Å². The molecule has 0 spiro atoms. The number of phenolic OH excluding ortho intramolecular Hbond substituents is 3. The molecule has 6 aliphatic heterocycles. The molecule has 21 nitrogen and oxygen atoms in total. The van der Waals surface area contributed by atoms with E-state index < -0.39 is 70.5 Å². The van der Waals surface area contributed by atoms with Crippen molar-refractivity contribution < 1.29 is 297 Å². The van der Waals surface area contributed by atoms with E-state index in [0.717, 1.165) is 111 Å². The minimum atomic E-state index is -1.10. The molecule has 6 aliphatic rings. The number of ether oxygens (including phenoxy) is 12. The van der Waals surface area contributed by atoms with Gasteiger partial charge in [-0.3, -0.25) is 28.8 Å². The molecule has 27 heteroatoms. The number of hydrogen-bond acceptors (Lipinski definition) is 21. The largest absolute Gasteiger partial charge is 0.508 e. The molecule has 0 amide bonds. The molecule has 6 radical (unpaired) electrons. The van der Waals surface area contributed by atoms with Crippen LogP contribution < -0.4 is 0 Å². The summed E-state index contributed by atoms with van der Waals surface area (Å²) in [5.41, 5.74) is 4.70. The number of hydrogen-bond donors (Lipinski definition) is 3. The van der Waals surface area contributed by atoms with Crippen molar-refractivity contribution in [2.24, 2.45) is 0 Å². The van der Waals surface area contributed by atoms with Gasteiger partial charge < -0.3 is 117 Å². The van der Waals surface area contributed by atoms with Crippen LogP contribution in [0, 0.1) is 84.2 Å². The van der Waals surface area contributed by atoms with E-state index in [2.05, 4.69) is 0 Å². The molecular weight excluding hydrogens is 1850 g/mol. The standard InChI is InChI=1S/2C14H11O4.2C14H11O3.C10H9O4.C10H9O3.6CH3.6Y/c1-14(17-8-13(16)18-14)11-4-2-10-7-12(15)5-3-9(10)6-11;1-14(17-8-13(16)18-14)12-4-2-3-9-7-10(15)5-6-11(9)12;1-14(16-9-13(15)17-14)12-8-4-6-10-5-2-3-7-11(10)12;1-14(16-9-13(15)17-14)12-7-6-10-4-2-3-5-11(10)8-12;1-10(13-6-9(12)14-10)7-2-4-8(11)5-3-7;1-10(12-7-9(11)13-10)8-5-3-2-4-6-8;;;;;;;;;;;;/h2*2-8,15H,1H3;2*2-9H,1H3;2-6,11H,1H3;2-7H,1H3;6*1H3;;;;;;/q12*-1;;;;;;. The first kappa shape index (κ1) is 106. The Kier molecular flexibility index (Phi) is 44.6. The average molecular weight is 1930 g/mol. The van der Waals surface area contributed by atoms with Crippen LogP contribution in [0.25, 0.3) is 43.1 Å². The topological polar surface area (TPSA) is 274 Å². The number of carbonyl (C=O) groups is 6. The van der Waals surface area contributed by atoms with Crippen LogP contribution in [0.2, 0.25) is 0 Å². The van der Waals surface area contributed by atoms with Crippen molar-refractivity contribution in [1.29, 1.82) is 0 Å². The third-order valence-corrected chi connectivity index (χ3v) is 16.0. The molecule has 3 N–H and O–H groups in total. The first-order chi connectivity index (χ1) is 46.3. The zero-order chi connectivity index (χ0) is 68.8. The molecule has 10 aromatic rings. The Hall–Kier alpha value is -4.94. The number of phenols is 3. The number of benzene rings is 10. The number of carbonyl (C=O) groups excluding carboxylic acids is 6. The Morgan fingerprint density at radius 3 is 0.917 bits per heavy atom. The fourth-order valence-corrected chi connectivity index (χ4v) is 10.9. The molecule has 6 fully saturated rings. The second-order valence-corrected chi connectivity index (χ2v) is 23.1. The van der Waals surface area contributed by atoms with Crippen LogP contribution >= 0.6 is 0 Å². The maximum atomic E-state index is 11.2. The molecule has 0 bridgehead atoms. The summed E-state index contributed by atoms with van der Waals surface area (Å²) in [7, 11) is 0. The van der Waals surface area contributed by atoms with Crippen LogP contribution in [0.4, 0.5) is 0 Å². The number of rotatable bonds is 6. The Morgan fingerprint density at radius 1 is 0.239 bits per heavy atom. The van der Waals surface area contributed by atoms with Crippen molar-refractivity contribution in [2.45, 2.75) is 76.3 Å².